The van der Waals surface area contributed by atoms with Crippen LogP contribution in [0.5, 0.6) is 0 Å². The highest BCUT2D eigenvalue weighted by Gasteiger charge is 2.08. The van der Waals surface area contributed by atoms with Crippen molar-refractivity contribution in [1.82, 2.24) is 5.32 Å². The lowest BCUT2D eigenvalue weighted by atomic mass is 10.0. The predicted octanol–water partition coefficient (Wildman–Crippen LogP) is 4.50. The molecule has 0 amide bonds. The third-order valence-corrected chi connectivity index (χ3v) is 4.30. The lowest BCUT2D eigenvalue weighted by Gasteiger charge is -2.07. The van der Waals surface area contributed by atoms with E-state index in [2.05, 4.69) is 63.9 Å². The first-order valence-electron chi connectivity index (χ1n) is 5.69. The van der Waals surface area contributed by atoms with Gasteiger partial charge < -0.3 is 5.32 Å². The molecule has 17 heavy (non-hydrogen) atoms. The van der Waals surface area contributed by atoms with Crippen LogP contribution in [-0.4, -0.2) is 13.6 Å². The van der Waals surface area contributed by atoms with E-state index in [-0.39, 0.29) is 0 Å². The Morgan fingerprint density at radius 1 is 1.35 bits per heavy atom. The van der Waals surface area contributed by atoms with E-state index >= 15 is 0 Å². The number of likely N-dealkylation sites (N-methyl/N-ethyl adjacent to an activating group) is 1. The molecule has 0 aliphatic carbocycles. The third-order valence-electron chi connectivity index (χ3n) is 2.81. The minimum Gasteiger partial charge on any atom is -0.319 e. The molecule has 1 N–H and O–H groups in total. The van der Waals surface area contributed by atoms with Crippen LogP contribution in [0.2, 0.25) is 0 Å². The molecule has 2 aromatic rings. The summed E-state index contributed by atoms with van der Waals surface area (Å²) in [6.45, 7) is 3.28. The minimum atomic E-state index is 0.567. The second-order valence-corrected chi connectivity index (χ2v) is 6.04. The molecule has 0 aliphatic rings. The number of benzene rings is 1. The third kappa shape index (κ3) is 3.18. The van der Waals surface area contributed by atoms with Crippen molar-refractivity contribution < 1.29 is 0 Å². The number of rotatable bonds is 4. The van der Waals surface area contributed by atoms with E-state index in [0.717, 1.165) is 11.0 Å². The summed E-state index contributed by atoms with van der Waals surface area (Å²) in [4.78, 5) is 1.34. The summed E-state index contributed by atoms with van der Waals surface area (Å²) in [6, 6.07) is 10.8. The molecule has 0 fully saturated rings. The highest BCUT2D eigenvalue weighted by molar-refractivity contribution is 9.10. The SMILES string of the molecule is CNCC(C)c1csc(-c2cccc(Br)c2)c1. The highest BCUT2D eigenvalue weighted by Crippen LogP contribution is 2.31. The Labute approximate surface area is 115 Å². The number of thiophene rings is 1. The second-order valence-electron chi connectivity index (χ2n) is 4.21. The summed E-state index contributed by atoms with van der Waals surface area (Å²) >= 11 is 5.33. The number of halogens is 1. The Bertz CT molecular complexity index is 492. The number of hydrogen-bond donors (Lipinski definition) is 1. The first kappa shape index (κ1) is 12.8. The zero-order valence-corrected chi connectivity index (χ0v) is 12.4. The van der Waals surface area contributed by atoms with E-state index in [1.165, 1.54) is 16.0 Å². The van der Waals surface area contributed by atoms with E-state index in [0.29, 0.717) is 5.92 Å². The van der Waals surface area contributed by atoms with Gasteiger partial charge in [0.2, 0.25) is 0 Å². The number of hydrogen-bond acceptors (Lipinski definition) is 2. The minimum absolute atomic E-state index is 0.567. The monoisotopic (exact) mass is 309 g/mol. The Morgan fingerprint density at radius 2 is 2.18 bits per heavy atom. The maximum Gasteiger partial charge on any atom is 0.0346 e. The van der Waals surface area contributed by atoms with Crippen LogP contribution in [0, 0.1) is 0 Å². The second kappa shape index (κ2) is 5.80. The van der Waals surface area contributed by atoms with Gasteiger partial charge >= 0.3 is 0 Å². The molecule has 0 radical (unpaired) electrons. The van der Waals surface area contributed by atoms with Gasteiger partial charge in [0, 0.05) is 15.9 Å². The summed E-state index contributed by atoms with van der Waals surface area (Å²) in [5.74, 6) is 0.567. The average molecular weight is 310 g/mol. The summed E-state index contributed by atoms with van der Waals surface area (Å²) in [5.41, 5.74) is 2.70. The van der Waals surface area contributed by atoms with Crippen LogP contribution < -0.4 is 5.32 Å². The van der Waals surface area contributed by atoms with E-state index < -0.39 is 0 Å². The lowest BCUT2D eigenvalue weighted by Crippen LogP contribution is -2.14. The summed E-state index contributed by atoms with van der Waals surface area (Å²) < 4.78 is 1.13. The smallest absolute Gasteiger partial charge is 0.0346 e. The van der Waals surface area contributed by atoms with Gasteiger partial charge in [-0.3, -0.25) is 0 Å². The van der Waals surface area contributed by atoms with E-state index in [1.807, 2.05) is 18.4 Å². The van der Waals surface area contributed by atoms with Crippen LogP contribution in [0.25, 0.3) is 10.4 Å². The van der Waals surface area contributed by atoms with Crippen molar-refractivity contribution in [3.8, 4) is 10.4 Å². The fraction of sp³-hybridized carbons (Fsp3) is 0.286. The van der Waals surface area contributed by atoms with Gasteiger partial charge in [-0.2, -0.15) is 0 Å². The molecule has 1 heterocycles. The normalized spacial score (nSPS) is 12.6. The van der Waals surface area contributed by atoms with Crippen molar-refractivity contribution in [2.24, 2.45) is 0 Å². The standard InChI is InChI=1S/C14H16BrNS/c1-10(8-16-2)12-7-14(17-9-12)11-4-3-5-13(15)6-11/h3-7,9-10,16H,8H2,1-2H3. The molecule has 1 aromatic carbocycles. The molecular weight excluding hydrogens is 294 g/mol. The molecule has 1 unspecified atom stereocenters. The molecule has 0 spiro atoms. The zero-order valence-electron chi connectivity index (χ0n) is 10.0. The quantitative estimate of drug-likeness (QED) is 0.876. The van der Waals surface area contributed by atoms with Crippen LogP contribution in [0.1, 0.15) is 18.4 Å². The topological polar surface area (TPSA) is 12.0 Å². The van der Waals surface area contributed by atoms with Gasteiger partial charge in [0.1, 0.15) is 0 Å². The molecule has 1 aromatic heterocycles. The molecule has 0 saturated heterocycles. The van der Waals surface area contributed by atoms with Gasteiger partial charge in [-0.1, -0.05) is 35.0 Å². The Kier molecular flexibility index (Phi) is 4.37. The van der Waals surface area contributed by atoms with Gasteiger partial charge in [0.15, 0.2) is 0 Å². The molecule has 0 saturated carbocycles. The first-order chi connectivity index (χ1) is 8.20. The van der Waals surface area contributed by atoms with Crippen molar-refractivity contribution in [2.45, 2.75) is 12.8 Å². The van der Waals surface area contributed by atoms with Crippen molar-refractivity contribution in [3.05, 3.63) is 45.7 Å². The molecule has 0 bridgehead atoms. The van der Waals surface area contributed by atoms with Crippen LogP contribution in [-0.2, 0) is 0 Å². The fourth-order valence-electron chi connectivity index (χ4n) is 1.83. The Balaban J connectivity index is 2.23. The summed E-state index contributed by atoms with van der Waals surface area (Å²) in [5, 5.41) is 5.48. The van der Waals surface area contributed by atoms with Crippen LogP contribution in [0.15, 0.2) is 40.2 Å². The zero-order chi connectivity index (χ0) is 12.3. The van der Waals surface area contributed by atoms with Crippen molar-refractivity contribution in [3.63, 3.8) is 0 Å². The Morgan fingerprint density at radius 3 is 2.88 bits per heavy atom. The van der Waals surface area contributed by atoms with E-state index in [1.54, 1.807) is 0 Å². The molecule has 0 aliphatic heterocycles. The molecule has 2 rings (SSSR count). The van der Waals surface area contributed by atoms with Crippen LogP contribution >= 0.6 is 27.3 Å². The van der Waals surface area contributed by atoms with Gasteiger partial charge in [0.25, 0.3) is 0 Å². The largest absolute Gasteiger partial charge is 0.319 e. The van der Waals surface area contributed by atoms with E-state index in [9.17, 15) is 0 Å². The molecule has 3 heteroatoms. The Hall–Kier alpha value is -0.640. The van der Waals surface area contributed by atoms with Gasteiger partial charge in [0.05, 0.1) is 0 Å². The van der Waals surface area contributed by atoms with Gasteiger partial charge in [-0.05, 0) is 47.7 Å². The first-order valence-corrected chi connectivity index (χ1v) is 7.37. The summed E-state index contributed by atoms with van der Waals surface area (Å²) in [7, 11) is 2.00. The maximum absolute atomic E-state index is 3.51. The maximum atomic E-state index is 3.51. The van der Waals surface area contributed by atoms with Crippen molar-refractivity contribution in [1.29, 1.82) is 0 Å². The number of nitrogens with one attached hydrogen (secondary N) is 1. The molecule has 90 valence electrons. The average Bonchev–Trinajstić information content (AvgIpc) is 2.78. The van der Waals surface area contributed by atoms with E-state index in [4.69, 9.17) is 0 Å². The lowest BCUT2D eigenvalue weighted by molar-refractivity contribution is 0.680. The van der Waals surface area contributed by atoms with Crippen molar-refractivity contribution in [2.75, 3.05) is 13.6 Å². The predicted molar refractivity (Wildman–Crippen MR) is 79.8 cm³/mol. The van der Waals surface area contributed by atoms with Crippen LogP contribution in [0.3, 0.4) is 0 Å². The summed E-state index contributed by atoms with van der Waals surface area (Å²) in [6.07, 6.45) is 0. The fourth-order valence-corrected chi connectivity index (χ4v) is 3.26. The van der Waals surface area contributed by atoms with Gasteiger partial charge in [-0.15, -0.1) is 11.3 Å². The highest BCUT2D eigenvalue weighted by atomic mass is 79.9. The van der Waals surface area contributed by atoms with Crippen molar-refractivity contribution >= 4 is 27.3 Å². The van der Waals surface area contributed by atoms with Crippen LogP contribution in [0.4, 0.5) is 0 Å². The molecular formula is C14H16BrNS. The molecule has 1 nitrogen and oxygen atoms in total. The van der Waals surface area contributed by atoms with Gasteiger partial charge in [-0.25, -0.2) is 0 Å². The molecule has 1 atom stereocenters.